The Labute approximate surface area is 84.2 Å². The van der Waals surface area contributed by atoms with Crippen molar-refractivity contribution >= 4 is 17.5 Å². The highest BCUT2D eigenvalue weighted by molar-refractivity contribution is 5.63. The zero-order chi connectivity index (χ0) is 12.5. The van der Waals surface area contributed by atoms with Gasteiger partial charge in [-0.2, -0.15) is 9.38 Å². The van der Waals surface area contributed by atoms with Crippen LogP contribution in [0, 0.1) is 33.4 Å². The summed E-state index contributed by atoms with van der Waals surface area (Å²) in [5.41, 5.74) is -3.31. The van der Waals surface area contributed by atoms with Crippen molar-refractivity contribution in [2.24, 2.45) is 4.99 Å². The van der Waals surface area contributed by atoms with Crippen LogP contribution in [0.15, 0.2) is 4.99 Å². The molecule has 0 aliphatic rings. The maximum absolute atomic E-state index is 12.9. The quantitative estimate of drug-likeness (QED) is 0.150. The maximum atomic E-state index is 12.9. The molecule has 0 fully saturated rings. The van der Waals surface area contributed by atoms with Crippen molar-refractivity contribution in [3.05, 3.63) is 33.4 Å². The number of nitro groups is 1. The van der Waals surface area contributed by atoms with Crippen LogP contribution in [0.4, 0.5) is 28.9 Å². The molecular formula is C7F4N2O3. The highest BCUT2D eigenvalue weighted by atomic mass is 19.2. The molecule has 0 atom stereocenters. The summed E-state index contributed by atoms with van der Waals surface area (Å²) in [5, 5.41) is 10.3. The van der Waals surface area contributed by atoms with Gasteiger partial charge < -0.3 is 0 Å². The van der Waals surface area contributed by atoms with E-state index in [1.807, 2.05) is 0 Å². The van der Waals surface area contributed by atoms with Gasteiger partial charge in [0, 0.05) is 0 Å². The molecule has 1 aromatic carbocycles. The van der Waals surface area contributed by atoms with E-state index in [1.165, 1.54) is 0 Å². The highest BCUT2D eigenvalue weighted by Gasteiger charge is 2.32. The molecule has 0 aliphatic heterocycles. The molecule has 1 aromatic rings. The minimum atomic E-state index is -2.35. The summed E-state index contributed by atoms with van der Waals surface area (Å²) in [6, 6.07) is 0. The van der Waals surface area contributed by atoms with Crippen molar-refractivity contribution in [2.45, 2.75) is 0 Å². The fraction of sp³-hybridized carbons (Fsp3) is 0. The molecule has 0 heterocycles. The molecule has 0 radical (unpaired) electrons. The lowest BCUT2D eigenvalue weighted by Gasteiger charge is -2.01. The Morgan fingerprint density at radius 2 is 1.56 bits per heavy atom. The fourth-order valence-corrected chi connectivity index (χ4v) is 0.923. The fourth-order valence-electron chi connectivity index (χ4n) is 0.923. The van der Waals surface area contributed by atoms with E-state index in [-0.39, 0.29) is 0 Å². The number of isocyanates is 1. The number of rotatable bonds is 2. The molecule has 5 nitrogen and oxygen atoms in total. The lowest BCUT2D eigenvalue weighted by Crippen LogP contribution is -2.02. The second-order valence-corrected chi connectivity index (χ2v) is 2.41. The normalized spacial score (nSPS) is 9.75. The number of hydrogen-bond acceptors (Lipinski definition) is 4. The van der Waals surface area contributed by atoms with Crippen LogP contribution in [0.2, 0.25) is 0 Å². The van der Waals surface area contributed by atoms with Crippen molar-refractivity contribution < 1.29 is 27.3 Å². The Bertz CT molecular complexity index is 492. The van der Waals surface area contributed by atoms with Gasteiger partial charge in [0.15, 0.2) is 17.3 Å². The summed E-state index contributed by atoms with van der Waals surface area (Å²) < 4.78 is 51.0. The molecule has 84 valence electrons. The van der Waals surface area contributed by atoms with Crippen molar-refractivity contribution in [2.75, 3.05) is 0 Å². The van der Waals surface area contributed by atoms with Gasteiger partial charge in [-0.1, -0.05) is 0 Å². The summed E-state index contributed by atoms with van der Waals surface area (Å²) >= 11 is 0. The molecule has 0 bridgehead atoms. The third kappa shape index (κ3) is 1.63. The number of halogens is 4. The summed E-state index contributed by atoms with van der Waals surface area (Å²) in [4.78, 5) is 20.9. The van der Waals surface area contributed by atoms with E-state index in [0.29, 0.717) is 6.08 Å². The van der Waals surface area contributed by atoms with Crippen LogP contribution in [0.1, 0.15) is 0 Å². The van der Waals surface area contributed by atoms with Crippen LogP contribution in [0.25, 0.3) is 0 Å². The molecule has 16 heavy (non-hydrogen) atoms. The smallest absolute Gasteiger partial charge is 0.258 e. The first kappa shape index (κ1) is 11.8. The van der Waals surface area contributed by atoms with E-state index in [4.69, 9.17) is 0 Å². The lowest BCUT2D eigenvalue weighted by molar-refractivity contribution is -0.387. The molecule has 0 N–H and O–H groups in total. The van der Waals surface area contributed by atoms with Crippen LogP contribution >= 0.6 is 0 Å². The van der Waals surface area contributed by atoms with Crippen LogP contribution in [-0.4, -0.2) is 11.0 Å². The van der Waals surface area contributed by atoms with Gasteiger partial charge in [-0.15, -0.1) is 0 Å². The molecule has 0 saturated heterocycles. The number of benzene rings is 1. The minimum Gasteiger partial charge on any atom is -0.258 e. The number of carbonyl (C=O) groups excluding carboxylic acids is 1. The first-order valence-electron chi connectivity index (χ1n) is 3.50. The summed E-state index contributed by atoms with van der Waals surface area (Å²) in [5.74, 6) is -9.02. The number of nitro benzene ring substituents is 1. The first-order valence-corrected chi connectivity index (χ1v) is 3.50. The van der Waals surface area contributed by atoms with Gasteiger partial charge in [0.25, 0.3) is 0 Å². The average molecular weight is 236 g/mol. The Hall–Kier alpha value is -2.28. The Kier molecular flexibility index (Phi) is 3.00. The van der Waals surface area contributed by atoms with E-state index in [9.17, 15) is 32.5 Å². The van der Waals surface area contributed by atoms with Gasteiger partial charge in [-0.3, -0.25) is 10.1 Å². The van der Waals surface area contributed by atoms with Gasteiger partial charge >= 0.3 is 5.69 Å². The monoisotopic (exact) mass is 236 g/mol. The zero-order valence-electron chi connectivity index (χ0n) is 7.13. The SMILES string of the molecule is O=C=Nc1c(F)c(F)c(F)c(F)c1[N+](=O)[O-]. The van der Waals surface area contributed by atoms with E-state index >= 15 is 0 Å². The lowest BCUT2D eigenvalue weighted by atomic mass is 10.2. The first-order chi connectivity index (χ1) is 7.41. The average Bonchev–Trinajstić information content (AvgIpc) is 2.23. The van der Waals surface area contributed by atoms with Gasteiger partial charge in [0.1, 0.15) is 0 Å². The van der Waals surface area contributed by atoms with Crippen molar-refractivity contribution in [1.82, 2.24) is 0 Å². The minimum absolute atomic E-state index is 0.669. The van der Waals surface area contributed by atoms with Crippen molar-refractivity contribution in [3.8, 4) is 0 Å². The third-order valence-electron chi connectivity index (χ3n) is 1.56. The predicted octanol–water partition coefficient (Wildman–Crippen LogP) is 2.12. The summed E-state index contributed by atoms with van der Waals surface area (Å²) in [6.07, 6.45) is 0.669. The van der Waals surface area contributed by atoms with E-state index in [1.54, 1.807) is 0 Å². The highest BCUT2D eigenvalue weighted by Crippen LogP contribution is 2.36. The largest absolute Gasteiger partial charge is 0.337 e. The van der Waals surface area contributed by atoms with E-state index in [0.717, 1.165) is 0 Å². The second kappa shape index (κ2) is 4.07. The van der Waals surface area contributed by atoms with Crippen molar-refractivity contribution in [3.63, 3.8) is 0 Å². The Morgan fingerprint density at radius 3 is 2.00 bits per heavy atom. The topological polar surface area (TPSA) is 72.6 Å². The Balaban J connectivity index is 3.82. The number of hydrogen-bond donors (Lipinski definition) is 0. The van der Waals surface area contributed by atoms with Gasteiger partial charge in [-0.05, 0) is 0 Å². The van der Waals surface area contributed by atoms with Gasteiger partial charge in [-0.25, -0.2) is 18.0 Å². The van der Waals surface area contributed by atoms with Crippen LogP contribution < -0.4 is 0 Å². The molecule has 0 amide bonds. The summed E-state index contributed by atoms with van der Waals surface area (Å²) in [6.45, 7) is 0. The zero-order valence-corrected chi connectivity index (χ0v) is 7.13. The van der Waals surface area contributed by atoms with Crippen LogP contribution in [0.5, 0.6) is 0 Å². The number of aliphatic imine (C=N–C) groups is 1. The summed E-state index contributed by atoms with van der Waals surface area (Å²) in [7, 11) is 0. The predicted molar refractivity (Wildman–Crippen MR) is 40.7 cm³/mol. The van der Waals surface area contributed by atoms with Gasteiger partial charge in [0.05, 0.1) is 4.92 Å². The third-order valence-corrected chi connectivity index (χ3v) is 1.56. The van der Waals surface area contributed by atoms with Gasteiger partial charge in [0.2, 0.25) is 17.7 Å². The van der Waals surface area contributed by atoms with E-state index in [2.05, 4.69) is 4.99 Å². The van der Waals surface area contributed by atoms with E-state index < -0.39 is 39.6 Å². The molecule has 0 unspecified atom stereocenters. The maximum Gasteiger partial charge on any atom is 0.337 e. The second-order valence-electron chi connectivity index (χ2n) is 2.41. The van der Waals surface area contributed by atoms with Crippen molar-refractivity contribution in [1.29, 1.82) is 0 Å². The molecule has 0 spiro atoms. The molecule has 0 saturated carbocycles. The van der Waals surface area contributed by atoms with Crippen LogP contribution in [-0.2, 0) is 4.79 Å². The molecule has 9 heteroatoms. The standard InChI is InChI=1S/C7F4N2O3/c8-2-3(9)5(11)7(13(15)16)6(4(2)10)12-1-14. The number of nitrogens with zero attached hydrogens (tertiary/aromatic N) is 2. The molecule has 1 rings (SSSR count). The molecule has 0 aliphatic carbocycles. The van der Waals surface area contributed by atoms with Crippen LogP contribution in [0.3, 0.4) is 0 Å². The molecular weight excluding hydrogens is 236 g/mol. The molecule has 0 aromatic heterocycles. The Morgan fingerprint density at radius 1 is 1.06 bits per heavy atom.